The van der Waals surface area contributed by atoms with Gasteiger partial charge in [0.15, 0.2) is 0 Å². The van der Waals surface area contributed by atoms with Crippen molar-refractivity contribution in [3.05, 3.63) is 41.5 Å². The lowest BCUT2D eigenvalue weighted by Gasteiger charge is -2.30. The van der Waals surface area contributed by atoms with Crippen LogP contribution in [0, 0.1) is 5.92 Å². The molecule has 0 bridgehead atoms. The van der Waals surface area contributed by atoms with Crippen molar-refractivity contribution in [2.45, 2.75) is 44.3 Å². The lowest BCUT2D eigenvalue weighted by atomic mass is 9.87. The largest absolute Gasteiger partial charge is 0.478 e. The summed E-state index contributed by atoms with van der Waals surface area (Å²) >= 11 is 0. The van der Waals surface area contributed by atoms with Gasteiger partial charge in [0, 0.05) is 24.6 Å². The molecular weight excluding hydrogens is 321 g/mol. The Labute approximate surface area is 144 Å². The molecule has 5 heteroatoms. The molecular formula is C19H28NO3P. The number of carboxylic acids is 1. The molecule has 2 unspecified atom stereocenters. The summed E-state index contributed by atoms with van der Waals surface area (Å²) in [6, 6.07) is 9.26. The molecule has 0 amide bonds. The number of carbonyl (C=O) groups is 1. The van der Waals surface area contributed by atoms with Crippen LogP contribution in [0.3, 0.4) is 0 Å². The van der Waals surface area contributed by atoms with Gasteiger partial charge in [-0.25, -0.2) is 4.79 Å². The third-order valence-corrected chi connectivity index (χ3v) is 7.11. The molecule has 4 N–H and O–H groups in total. The Morgan fingerprint density at radius 1 is 1.29 bits per heavy atom. The average Bonchev–Trinajstić information content (AvgIpc) is 2.56. The van der Waals surface area contributed by atoms with Crippen LogP contribution in [-0.4, -0.2) is 34.2 Å². The van der Waals surface area contributed by atoms with E-state index in [9.17, 15) is 14.8 Å². The van der Waals surface area contributed by atoms with Gasteiger partial charge in [0.2, 0.25) is 0 Å². The van der Waals surface area contributed by atoms with E-state index in [1.54, 1.807) is 6.08 Å². The third-order valence-electron chi connectivity index (χ3n) is 4.78. The van der Waals surface area contributed by atoms with Gasteiger partial charge in [-0.05, 0) is 24.0 Å². The van der Waals surface area contributed by atoms with Gasteiger partial charge in [-0.1, -0.05) is 68.7 Å². The summed E-state index contributed by atoms with van der Waals surface area (Å²) in [5, 5.41) is 9.47. The van der Waals surface area contributed by atoms with Crippen molar-refractivity contribution < 1.29 is 14.8 Å². The predicted molar refractivity (Wildman–Crippen MR) is 102 cm³/mol. The number of benzene rings is 1. The molecule has 1 aromatic rings. The Bertz CT molecular complexity index is 621. The highest BCUT2D eigenvalue weighted by molar-refractivity contribution is 7.69. The van der Waals surface area contributed by atoms with Crippen molar-refractivity contribution in [3.63, 3.8) is 0 Å². The van der Waals surface area contributed by atoms with E-state index >= 15 is 0 Å². The van der Waals surface area contributed by atoms with Gasteiger partial charge in [-0.2, -0.15) is 0 Å². The minimum Gasteiger partial charge on any atom is -0.478 e. The van der Waals surface area contributed by atoms with E-state index in [1.165, 1.54) is 19.3 Å². The monoisotopic (exact) mass is 349 g/mol. The molecule has 4 nitrogen and oxygen atoms in total. The second-order valence-electron chi connectivity index (χ2n) is 6.84. The number of carboxylic acid groups (broad SMARTS) is 1. The Balaban J connectivity index is 2.07. The number of nitrogens with two attached hydrogens (primary N) is 1. The van der Waals surface area contributed by atoms with Crippen molar-refractivity contribution in [3.8, 4) is 0 Å². The molecule has 0 aliphatic heterocycles. The average molecular weight is 349 g/mol. The fourth-order valence-corrected chi connectivity index (χ4v) is 5.04. The van der Waals surface area contributed by atoms with Crippen molar-refractivity contribution >= 4 is 25.5 Å². The van der Waals surface area contributed by atoms with Crippen molar-refractivity contribution in [1.82, 2.24) is 0 Å². The van der Waals surface area contributed by atoms with Gasteiger partial charge in [0.05, 0.1) is 0 Å². The Morgan fingerprint density at radius 2 is 1.92 bits per heavy atom. The molecule has 132 valence electrons. The van der Waals surface area contributed by atoms with Gasteiger partial charge in [0.25, 0.3) is 0 Å². The molecule has 1 saturated carbocycles. The van der Waals surface area contributed by atoms with Gasteiger partial charge in [-0.15, -0.1) is 0 Å². The molecule has 1 fully saturated rings. The van der Waals surface area contributed by atoms with Gasteiger partial charge in [-0.3, -0.25) is 0 Å². The molecule has 24 heavy (non-hydrogen) atoms. The molecule has 0 radical (unpaired) electrons. The maximum absolute atomic E-state index is 11.6. The molecule has 1 aliphatic carbocycles. The minimum absolute atomic E-state index is 0.0467. The van der Waals surface area contributed by atoms with Crippen LogP contribution in [0.5, 0.6) is 0 Å². The highest BCUT2D eigenvalue weighted by Crippen LogP contribution is 2.48. The van der Waals surface area contributed by atoms with Gasteiger partial charge >= 0.3 is 5.97 Å². The van der Waals surface area contributed by atoms with E-state index in [0.717, 1.165) is 24.8 Å². The summed E-state index contributed by atoms with van der Waals surface area (Å²) < 4.78 is 0. The molecule has 2 atom stereocenters. The van der Waals surface area contributed by atoms with Crippen molar-refractivity contribution in [1.29, 1.82) is 0 Å². The number of hydrogen-bond donors (Lipinski definition) is 3. The molecule has 2 rings (SSSR count). The quantitative estimate of drug-likeness (QED) is 0.517. The predicted octanol–water partition coefficient (Wildman–Crippen LogP) is 3.77. The minimum atomic E-state index is -2.77. The van der Waals surface area contributed by atoms with E-state index in [1.807, 2.05) is 30.3 Å². The molecule has 1 aliphatic rings. The van der Waals surface area contributed by atoms with Crippen LogP contribution in [-0.2, 0) is 4.79 Å². The van der Waals surface area contributed by atoms with Crippen LogP contribution in [0.1, 0.15) is 44.1 Å². The molecule has 0 aromatic heterocycles. The first kappa shape index (κ1) is 19.0. The smallest absolute Gasteiger partial charge is 0.332 e. The van der Waals surface area contributed by atoms with Crippen LogP contribution in [0.15, 0.2) is 35.9 Å². The van der Waals surface area contributed by atoms with Crippen LogP contribution in [0.25, 0.3) is 6.08 Å². The third kappa shape index (κ3) is 5.62. The fourth-order valence-electron chi connectivity index (χ4n) is 3.30. The summed E-state index contributed by atoms with van der Waals surface area (Å²) in [7, 11) is -2.77. The van der Waals surface area contributed by atoms with E-state index < -0.39 is 18.9 Å². The topological polar surface area (TPSA) is 83.5 Å². The maximum Gasteiger partial charge on any atom is 0.332 e. The zero-order valence-electron chi connectivity index (χ0n) is 14.1. The summed E-state index contributed by atoms with van der Waals surface area (Å²) in [6.07, 6.45) is 12.4. The Morgan fingerprint density at radius 3 is 2.50 bits per heavy atom. The van der Waals surface area contributed by atoms with E-state index in [0.29, 0.717) is 5.92 Å². The highest BCUT2D eigenvalue weighted by atomic mass is 31.2. The van der Waals surface area contributed by atoms with Crippen LogP contribution in [0.4, 0.5) is 0 Å². The summed E-state index contributed by atoms with van der Waals surface area (Å²) in [5.74, 6) is -0.904. The summed E-state index contributed by atoms with van der Waals surface area (Å²) in [4.78, 5) is 22.3. The molecule has 0 spiro atoms. The highest BCUT2D eigenvalue weighted by Gasteiger charge is 2.27. The second-order valence-corrected chi connectivity index (χ2v) is 9.79. The zero-order chi connectivity index (χ0) is 17.6. The Kier molecular flexibility index (Phi) is 6.85. The van der Waals surface area contributed by atoms with Gasteiger partial charge < -0.3 is 15.7 Å². The fraction of sp³-hybridized carbons (Fsp3) is 0.474. The molecule has 1 aromatic carbocycles. The maximum atomic E-state index is 11.6. The Hall–Kier alpha value is -1.35. The number of hydrogen-bond acceptors (Lipinski definition) is 3. The van der Waals surface area contributed by atoms with Crippen molar-refractivity contribution in [2.24, 2.45) is 11.7 Å². The first-order valence-corrected chi connectivity index (χ1v) is 10.8. The normalized spacial score (nSPS) is 20.3. The first-order chi connectivity index (χ1) is 11.4. The number of rotatable bonds is 7. The zero-order valence-corrected chi connectivity index (χ0v) is 15.0. The SMILES string of the molecule is C=P(O)(CC(=Cc1ccccc1)C(=O)O)C(N)CC1CCCCC1. The van der Waals surface area contributed by atoms with Crippen molar-refractivity contribution in [2.75, 3.05) is 6.16 Å². The van der Waals surface area contributed by atoms with Crippen LogP contribution >= 0.6 is 7.11 Å². The summed E-state index contributed by atoms with van der Waals surface area (Å²) in [6.45, 7) is 0. The molecule has 0 heterocycles. The van der Waals surface area contributed by atoms with Crippen LogP contribution in [0.2, 0.25) is 0 Å². The lowest BCUT2D eigenvalue weighted by Crippen LogP contribution is -2.27. The summed E-state index contributed by atoms with van der Waals surface area (Å²) in [5.41, 5.74) is 7.21. The lowest BCUT2D eigenvalue weighted by molar-refractivity contribution is -0.132. The van der Waals surface area contributed by atoms with E-state index in [2.05, 4.69) is 6.30 Å². The standard InChI is InChI=1S/C19H28NO3P/c1-24(23,18(20)13-16-10-6-3-7-11-16)14-17(19(21)22)12-15-8-4-2-5-9-15/h2,4-5,8-9,12,16,18,23H,1,3,6-7,10-11,13-14,20H2,(H,21,22). The van der Waals surface area contributed by atoms with Gasteiger partial charge in [0.1, 0.15) is 0 Å². The van der Waals surface area contributed by atoms with E-state index in [4.69, 9.17) is 5.73 Å². The van der Waals surface area contributed by atoms with Crippen LogP contribution < -0.4 is 5.73 Å². The first-order valence-electron chi connectivity index (χ1n) is 8.58. The second kappa shape index (κ2) is 8.66. The number of aliphatic carboxylic acids is 1. The molecule has 0 saturated heterocycles. The van der Waals surface area contributed by atoms with E-state index in [-0.39, 0.29) is 11.7 Å².